The SMILES string of the molecule is Cc1ccc2c(c1)c1ccccc1n2-c1ccc(-c2nc(-c3ccccc3)nc(-c3ccccc3)n2)cc1-c1ccncc1-n1c2ccccc2c2cc(C)ccc21. The van der Waals surface area contributed by atoms with Gasteiger partial charge in [-0.25, -0.2) is 15.0 Å². The molecule has 4 heterocycles. The van der Waals surface area contributed by atoms with Crippen molar-refractivity contribution >= 4 is 43.6 Å². The predicted octanol–water partition coefficient (Wildman–Crippen LogP) is 12.7. The second-order valence-electron chi connectivity index (χ2n) is 14.9. The first-order chi connectivity index (χ1) is 28.6. The lowest BCUT2D eigenvalue weighted by atomic mass is 9.99. The summed E-state index contributed by atoms with van der Waals surface area (Å²) in [4.78, 5) is 20.1. The van der Waals surface area contributed by atoms with E-state index in [0.29, 0.717) is 17.5 Å². The highest BCUT2D eigenvalue weighted by Gasteiger charge is 2.22. The standard InChI is InChI=1S/C52H36N6/c1-33-21-24-46-41(29-33)38-17-9-11-19-44(38)57(46)48-26-23-37(52-55-50(35-13-5-3-6-14-35)54-51(56-52)36-15-7-4-8-16-36)31-43(48)40-27-28-53-32-49(40)58-45-20-12-10-18-39(45)42-30-34(2)22-25-47(42)58/h3-32H,1-2H3. The molecule has 0 spiro atoms. The summed E-state index contributed by atoms with van der Waals surface area (Å²) in [6, 6.07) is 59.8. The maximum Gasteiger partial charge on any atom is 0.164 e. The van der Waals surface area contributed by atoms with Gasteiger partial charge in [0.25, 0.3) is 0 Å². The number of fused-ring (bicyclic) bond motifs is 6. The van der Waals surface area contributed by atoms with Gasteiger partial charge in [0, 0.05) is 55.6 Å². The fourth-order valence-corrected chi connectivity index (χ4v) is 8.51. The molecule has 11 rings (SSSR count). The molecular formula is C52H36N6. The quantitative estimate of drug-likeness (QED) is 0.170. The van der Waals surface area contributed by atoms with Crippen molar-refractivity contribution < 1.29 is 0 Å². The molecule has 11 aromatic rings. The van der Waals surface area contributed by atoms with Crippen LogP contribution in [0, 0.1) is 13.8 Å². The molecule has 4 aromatic heterocycles. The molecule has 0 amide bonds. The smallest absolute Gasteiger partial charge is 0.164 e. The Bertz CT molecular complexity index is 3300. The van der Waals surface area contributed by atoms with Gasteiger partial charge in [-0.2, -0.15) is 0 Å². The highest BCUT2D eigenvalue weighted by atomic mass is 15.0. The average molecular weight is 745 g/mol. The molecule has 0 bridgehead atoms. The molecule has 7 aromatic carbocycles. The number of para-hydroxylation sites is 2. The van der Waals surface area contributed by atoms with Crippen molar-refractivity contribution in [3.05, 3.63) is 193 Å². The Morgan fingerprint density at radius 2 is 0.845 bits per heavy atom. The Hall–Kier alpha value is -7.70. The van der Waals surface area contributed by atoms with Gasteiger partial charge >= 0.3 is 0 Å². The molecule has 0 aliphatic carbocycles. The number of rotatable bonds is 6. The van der Waals surface area contributed by atoms with Gasteiger partial charge < -0.3 is 9.13 Å². The van der Waals surface area contributed by atoms with Crippen molar-refractivity contribution in [1.82, 2.24) is 29.1 Å². The molecule has 0 saturated carbocycles. The van der Waals surface area contributed by atoms with E-state index in [9.17, 15) is 0 Å². The van der Waals surface area contributed by atoms with Crippen LogP contribution in [0.1, 0.15) is 11.1 Å². The second kappa shape index (κ2) is 13.5. The summed E-state index contributed by atoms with van der Waals surface area (Å²) in [6.45, 7) is 4.31. The first-order valence-corrected chi connectivity index (χ1v) is 19.6. The van der Waals surface area contributed by atoms with Crippen LogP contribution in [0.4, 0.5) is 0 Å². The van der Waals surface area contributed by atoms with Crippen molar-refractivity contribution in [3.63, 3.8) is 0 Å². The van der Waals surface area contributed by atoms with Crippen LogP contribution >= 0.6 is 0 Å². The van der Waals surface area contributed by atoms with Crippen molar-refractivity contribution in [3.8, 4) is 56.7 Å². The van der Waals surface area contributed by atoms with Gasteiger partial charge in [-0.1, -0.05) is 120 Å². The van der Waals surface area contributed by atoms with Gasteiger partial charge in [-0.15, -0.1) is 0 Å². The second-order valence-corrected chi connectivity index (χ2v) is 14.9. The van der Waals surface area contributed by atoms with E-state index in [1.54, 1.807) is 0 Å². The number of nitrogens with zero attached hydrogens (tertiary/aromatic N) is 6. The van der Waals surface area contributed by atoms with Crippen LogP contribution in [0.3, 0.4) is 0 Å². The van der Waals surface area contributed by atoms with E-state index < -0.39 is 0 Å². The van der Waals surface area contributed by atoms with Gasteiger partial charge in [0.15, 0.2) is 17.5 Å². The summed E-state index contributed by atoms with van der Waals surface area (Å²) in [5.41, 5.74) is 13.8. The van der Waals surface area contributed by atoms with E-state index in [4.69, 9.17) is 19.9 Å². The highest BCUT2D eigenvalue weighted by molar-refractivity contribution is 6.11. The summed E-state index contributed by atoms with van der Waals surface area (Å²) in [6.07, 6.45) is 3.89. The van der Waals surface area contributed by atoms with Crippen molar-refractivity contribution in [1.29, 1.82) is 0 Å². The Labute approximate surface area is 335 Å². The summed E-state index contributed by atoms with van der Waals surface area (Å²) in [5, 5.41) is 4.84. The van der Waals surface area contributed by atoms with Crippen LogP contribution in [0.15, 0.2) is 182 Å². The van der Waals surface area contributed by atoms with Crippen LogP contribution < -0.4 is 0 Å². The maximum atomic E-state index is 5.15. The fraction of sp³-hybridized carbons (Fsp3) is 0.0385. The lowest BCUT2D eigenvalue weighted by Gasteiger charge is -2.19. The normalized spacial score (nSPS) is 11.6. The van der Waals surface area contributed by atoms with Crippen LogP contribution in [-0.4, -0.2) is 29.1 Å². The van der Waals surface area contributed by atoms with Gasteiger partial charge in [0.1, 0.15) is 0 Å². The molecule has 0 fully saturated rings. The van der Waals surface area contributed by atoms with Crippen molar-refractivity contribution in [2.75, 3.05) is 0 Å². The third-order valence-electron chi connectivity index (χ3n) is 11.2. The molecule has 0 aliphatic heterocycles. The molecule has 6 heteroatoms. The zero-order valence-electron chi connectivity index (χ0n) is 32.0. The van der Waals surface area contributed by atoms with Crippen LogP contribution in [0.25, 0.3) is 100 Å². The number of hydrogen-bond acceptors (Lipinski definition) is 4. The summed E-state index contributed by atoms with van der Waals surface area (Å²) < 4.78 is 4.77. The number of pyridine rings is 1. The monoisotopic (exact) mass is 744 g/mol. The highest BCUT2D eigenvalue weighted by Crippen LogP contribution is 2.42. The van der Waals surface area contributed by atoms with E-state index in [2.05, 4.69) is 132 Å². The van der Waals surface area contributed by atoms with Crippen molar-refractivity contribution in [2.24, 2.45) is 0 Å². The molecule has 0 saturated heterocycles. The third kappa shape index (κ3) is 5.49. The fourth-order valence-electron chi connectivity index (χ4n) is 8.51. The molecule has 274 valence electrons. The van der Waals surface area contributed by atoms with Crippen molar-refractivity contribution in [2.45, 2.75) is 13.8 Å². The third-order valence-corrected chi connectivity index (χ3v) is 11.2. The van der Waals surface area contributed by atoms with Gasteiger partial charge in [-0.3, -0.25) is 4.98 Å². The summed E-state index contributed by atoms with van der Waals surface area (Å²) >= 11 is 0. The Kier molecular flexibility index (Phi) is 7.83. The summed E-state index contributed by atoms with van der Waals surface area (Å²) in [5.74, 6) is 1.84. The average Bonchev–Trinajstić information content (AvgIpc) is 3.78. The molecule has 0 atom stereocenters. The minimum Gasteiger partial charge on any atom is -0.309 e. The first kappa shape index (κ1) is 33.6. The lowest BCUT2D eigenvalue weighted by Crippen LogP contribution is -2.04. The Balaban J connectivity index is 1.23. The summed E-state index contributed by atoms with van der Waals surface area (Å²) in [7, 11) is 0. The molecule has 0 unspecified atom stereocenters. The van der Waals surface area contributed by atoms with Crippen LogP contribution in [0.5, 0.6) is 0 Å². The first-order valence-electron chi connectivity index (χ1n) is 19.6. The van der Waals surface area contributed by atoms with Crippen LogP contribution in [0.2, 0.25) is 0 Å². The topological polar surface area (TPSA) is 61.4 Å². The van der Waals surface area contributed by atoms with E-state index in [1.807, 2.05) is 73.1 Å². The van der Waals surface area contributed by atoms with E-state index in [1.165, 1.54) is 32.7 Å². The number of hydrogen-bond donors (Lipinski definition) is 0. The lowest BCUT2D eigenvalue weighted by molar-refractivity contribution is 1.07. The van der Waals surface area contributed by atoms with Crippen LogP contribution in [-0.2, 0) is 0 Å². The molecule has 0 radical (unpaired) electrons. The number of aromatic nitrogens is 6. The Morgan fingerprint density at radius 1 is 0.362 bits per heavy atom. The molecule has 0 N–H and O–H groups in total. The maximum absolute atomic E-state index is 5.15. The van der Waals surface area contributed by atoms with E-state index in [0.717, 1.165) is 61.3 Å². The number of benzene rings is 7. The van der Waals surface area contributed by atoms with Gasteiger partial charge in [0.05, 0.1) is 39.6 Å². The van der Waals surface area contributed by atoms with Gasteiger partial charge in [0.2, 0.25) is 0 Å². The largest absolute Gasteiger partial charge is 0.309 e. The molecular weight excluding hydrogens is 709 g/mol. The molecule has 6 nitrogen and oxygen atoms in total. The minimum atomic E-state index is 0.598. The molecule has 58 heavy (non-hydrogen) atoms. The number of aryl methyl sites for hydroxylation is 2. The Morgan fingerprint density at radius 3 is 1.41 bits per heavy atom. The predicted molar refractivity (Wildman–Crippen MR) is 238 cm³/mol. The zero-order valence-corrected chi connectivity index (χ0v) is 32.0. The molecule has 0 aliphatic rings. The minimum absolute atomic E-state index is 0.598. The van der Waals surface area contributed by atoms with E-state index >= 15 is 0 Å². The van der Waals surface area contributed by atoms with E-state index in [-0.39, 0.29) is 0 Å². The van der Waals surface area contributed by atoms with Gasteiger partial charge in [-0.05, 0) is 74.5 Å². The zero-order chi connectivity index (χ0) is 38.7.